The van der Waals surface area contributed by atoms with Crippen molar-refractivity contribution in [3.63, 3.8) is 0 Å². The van der Waals surface area contributed by atoms with E-state index in [1.54, 1.807) is 0 Å². The fourth-order valence-electron chi connectivity index (χ4n) is 18.8. The molecule has 8 aromatic carbocycles. The molecule has 0 unspecified atom stereocenters. The molecule has 8 aromatic rings. The molecule has 14 rings (SSSR count). The topological polar surface area (TPSA) is 9.72 Å². The standard InChI is InChI=1S/C87H104BN3/c1-53-41-55(78(2,3)4)29-35-71(53)90-73-49-67-65(84(16,17)51-86(67,20)21)47-69(73)88-70-48-66-68(87(22,23)52-85(66,18)19)50-74(70)91(72-36-30-56(79(5,6)7)42-60(72)54-27-25-24-26-28-54)76-46-59(45-75(90)77(76)88)89(57-31-33-61-63(43-57)82(12,13)39-37-80(61,8)9)58-32-34-62-64(44-58)83(14,15)40-38-81(62,10)11/h24-36,41-50H,37-40,51-52H2,1-23H3. The molecule has 4 aliphatic carbocycles. The van der Waals surface area contributed by atoms with Crippen LogP contribution in [-0.2, 0) is 54.1 Å². The van der Waals surface area contributed by atoms with Crippen LogP contribution in [0.4, 0.5) is 51.2 Å². The van der Waals surface area contributed by atoms with Crippen molar-refractivity contribution < 1.29 is 0 Å². The smallest absolute Gasteiger partial charge is 0.252 e. The highest BCUT2D eigenvalue weighted by molar-refractivity contribution is 7.00. The summed E-state index contributed by atoms with van der Waals surface area (Å²) in [7, 11) is 0. The number of benzene rings is 8. The van der Waals surface area contributed by atoms with Gasteiger partial charge in [-0.3, -0.25) is 0 Å². The van der Waals surface area contributed by atoms with Crippen LogP contribution >= 0.6 is 0 Å². The molecule has 6 aliphatic rings. The first-order valence-electron chi connectivity index (χ1n) is 34.8. The van der Waals surface area contributed by atoms with Crippen LogP contribution in [0.3, 0.4) is 0 Å². The maximum Gasteiger partial charge on any atom is 0.252 e. The van der Waals surface area contributed by atoms with Crippen LogP contribution in [-0.4, -0.2) is 6.71 Å². The van der Waals surface area contributed by atoms with Gasteiger partial charge in [0.05, 0.1) is 11.4 Å². The van der Waals surface area contributed by atoms with Gasteiger partial charge < -0.3 is 14.7 Å². The van der Waals surface area contributed by atoms with Gasteiger partial charge in [0, 0.05) is 45.4 Å². The largest absolute Gasteiger partial charge is 0.311 e. The maximum absolute atomic E-state index is 2.78. The lowest BCUT2D eigenvalue weighted by Gasteiger charge is -2.47. The molecule has 0 saturated heterocycles. The van der Waals surface area contributed by atoms with Gasteiger partial charge in [-0.15, -0.1) is 0 Å². The Morgan fingerprint density at radius 1 is 0.341 bits per heavy atom. The number of anilines is 9. The number of hydrogen-bond acceptors (Lipinski definition) is 3. The first-order valence-corrected chi connectivity index (χ1v) is 34.8. The SMILES string of the molecule is Cc1cc(C(C)(C)C)ccc1N1c2cc3c(cc2B2c4cc5c(cc4N(c4ccc(C(C)(C)C)cc4-c4ccccc4)c4cc(N(c6ccc7c(c6)C(C)(C)CCC7(C)C)c6ccc7c(c6)C(C)(C)CCC7(C)C)cc1c42)C(C)(C)CC5(C)C)C(C)(C)CC3(C)C. The number of nitrogens with zero attached hydrogens (tertiary/aromatic N) is 3. The Balaban J connectivity index is 1.18. The van der Waals surface area contributed by atoms with Crippen molar-refractivity contribution in [3.05, 3.63) is 201 Å². The number of fused-ring (bicyclic) bond motifs is 8. The lowest BCUT2D eigenvalue weighted by Crippen LogP contribution is -2.62. The van der Waals surface area contributed by atoms with Crippen LogP contribution in [0.2, 0.25) is 0 Å². The molecule has 0 bridgehead atoms. The molecule has 2 heterocycles. The van der Waals surface area contributed by atoms with Crippen LogP contribution < -0.4 is 31.1 Å². The van der Waals surface area contributed by atoms with Crippen molar-refractivity contribution in [1.82, 2.24) is 0 Å². The normalized spacial score (nSPS) is 20.2. The van der Waals surface area contributed by atoms with Crippen LogP contribution in [0.15, 0.2) is 140 Å². The Morgan fingerprint density at radius 3 is 1.15 bits per heavy atom. The predicted octanol–water partition coefficient (Wildman–Crippen LogP) is 22.4. The predicted molar refractivity (Wildman–Crippen MR) is 395 cm³/mol. The zero-order valence-corrected chi connectivity index (χ0v) is 59.9. The minimum Gasteiger partial charge on any atom is -0.311 e. The summed E-state index contributed by atoms with van der Waals surface area (Å²) in [4.78, 5) is 8.23. The Labute approximate surface area is 549 Å². The Morgan fingerprint density at radius 2 is 0.725 bits per heavy atom. The lowest BCUT2D eigenvalue weighted by atomic mass is 9.33. The first kappa shape index (κ1) is 61.7. The van der Waals surface area contributed by atoms with E-state index in [0.29, 0.717) is 0 Å². The Kier molecular flexibility index (Phi) is 13.3. The van der Waals surface area contributed by atoms with Crippen molar-refractivity contribution in [1.29, 1.82) is 0 Å². The molecule has 0 aromatic heterocycles. The van der Waals surface area contributed by atoms with E-state index in [-0.39, 0.29) is 60.9 Å². The van der Waals surface area contributed by atoms with Crippen LogP contribution in [0, 0.1) is 6.92 Å². The highest BCUT2D eigenvalue weighted by Gasteiger charge is 2.52. The third-order valence-electron chi connectivity index (χ3n) is 24.0. The van der Waals surface area contributed by atoms with Gasteiger partial charge >= 0.3 is 0 Å². The monoisotopic (exact) mass is 1200 g/mol. The number of rotatable bonds is 6. The highest BCUT2D eigenvalue weighted by atomic mass is 15.2. The minimum atomic E-state index is -0.0759. The van der Waals surface area contributed by atoms with Crippen molar-refractivity contribution in [2.24, 2.45) is 0 Å². The summed E-state index contributed by atoms with van der Waals surface area (Å²) in [5.41, 5.74) is 33.5. The molecule has 0 fully saturated rings. The second-order valence-corrected chi connectivity index (χ2v) is 36.7. The van der Waals surface area contributed by atoms with Gasteiger partial charge in [-0.2, -0.15) is 0 Å². The lowest BCUT2D eigenvalue weighted by molar-refractivity contribution is 0.332. The molecular formula is C87H104BN3. The van der Waals surface area contributed by atoms with E-state index in [1.165, 1.54) is 147 Å². The molecule has 0 spiro atoms. The second kappa shape index (κ2) is 19.6. The van der Waals surface area contributed by atoms with E-state index < -0.39 is 0 Å². The molecule has 0 radical (unpaired) electrons. The van der Waals surface area contributed by atoms with Gasteiger partial charge in [0.15, 0.2) is 0 Å². The molecule has 4 heteroatoms. The molecular weight excluding hydrogens is 1100 g/mol. The van der Waals surface area contributed by atoms with Crippen molar-refractivity contribution in [2.75, 3.05) is 14.7 Å². The van der Waals surface area contributed by atoms with Crippen molar-refractivity contribution in [3.8, 4) is 11.1 Å². The molecule has 0 N–H and O–H groups in total. The van der Waals surface area contributed by atoms with Crippen molar-refractivity contribution >= 4 is 74.3 Å². The Hall–Kier alpha value is -6.78. The third-order valence-corrected chi connectivity index (χ3v) is 24.0. The fraction of sp³-hybridized carbons (Fsp3) is 0.448. The van der Waals surface area contributed by atoms with Gasteiger partial charge in [0.1, 0.15) is 0 Å². The summed E-state index contributed by atoms with van der Waals surface area (Å²) >= 11 is 0. The molecule has 0 atom stereocenters. The summed E-state index contributed by atoms with van der Waals surface area (Å²) in [6.45, 7) is 56.4. The maximum atomic E-state index is 2.78. The van der Waals surface area contributed by atoms with E-state index in [9.17, 15) is 0 Å². The minimum absolute atomic E-state index is 0.000504. The molecule has 2 aliphatic heterocycles. The summed E-state index contributed by atoms with van der Waals surface area (Å²) in [5.74, 6) is 0. The van der Waals surface area contributed by atoms with Crippen molar-refractivity contribution in [2.45, 2.75) is 252 Å². The summed E-state index contributed by atoms with van der Waals surface area (Å²) < 4.78 is 0. The summed E-state index contributed by atoms with van der Waals surface area (Å²) in [6, 6.07) is 57.6. The average molecular weight is 1200 g/mol. The number of hydrogen-bond donors (Lipinski definition) is 0. The van der Waals surface area contributed by atoms with Gasteiger partial charge in [-0.1, -0.05) is 225 Å². The van der Waals surface area contributed by atoms with Gasteiger partial charge in [-0.05, 0) is 249 Å². The Bertz CT molecular complexity index is 4270. The summed E-state index contributed by atoms with van der Waals surface area (Å²) in [6.07, 6.45) is 6.81. The van der Waals surface area contributed by atoms with Gasteiger partial charge in [0.25, 0.3) is 6.71 Å². The van der Waals surface area contributed by atoms with E-state index >= 15 is 0 Å². The van der Waals surface area contributed by atoms with Gasteiger partial charge in [-0.25, -0.2) is 0 Å². The average Bonchev–Trinajstić information content (AvgIpc) is 1.59. The van der Waals surface area contributed by atoms with Crippen LogP contribution in [0.25, 0.3) is 11.1 Å². The van der Waals surface area contributed by atoms with E-state index in [2.05, 4.69) is 313 Å². The quantitative estimate of drug-likeness (QED) is 0.154. The number of aryl methyl sites for hydroxylation is 1. The summed E-state index contributed by atoms with van der Waals surface area (Å²) in [5, 5.41) is 0. The molecule has 0 amide bonds. The zero-order chi connectivity index (χ0) is 65.2. The second-order valence-electron chi connectivity index (χ2n) is 36.7. The van der Waals surface area contributed by atoms with Crippen LogP contribution in [0.1, 0.15) is 252 Å². The molecule has 470 valence electrons. The van der Waals surface area contributed by atoms with Gasteiger partial charge in [0.2, 0.25) is 0 Å². The zero-order valence-electron chi connectivity index (χ0n) is 59.9. The van der Waals surface area contributed by atoms with E-state index in [0.717, 1.165) is 31.4 Å². The van der Waals surface area contributed by atoms with E-state index in [4.69, 9.17) is 0 Å². The third kappa shape index (κ3) is 9.59. The molecule has 0 saturated carbocycles. The first-order chi connectivity index (χ1) is 42.2. The molecule has 91 heavy (non-hydrogen) atoms. The highest BCUT2D eigenvalue weighted by Crippen LogP contribution is 2.59. The fourth-order valence-corrected chi connectivity index (χ4v) is 18.8. The van der Waals surface area contributed by atoms with Crippen LogP contribution in [0.5, 0.6) is 0 Å². The molecule has 3 nitrogen and oxygen atoms in total. The van der Waals surface area contributed by atoms with E-state index in [1.807, 2.05) is 0 Å².